The number of hydrogen-bond donors (Lipinski definition) is 0. The van der Waals surface area contributed by atoms with Gasteiger partial charge in [0, 0.05) is 33.4 Å². The zero-order valence-electron chi connectivity index (χ0n) is 17.4. The van der Waals surface area contributed by atoms with E-state index in [9.17, 15) is 0 Å². The monoisotopic (exact) mass is 375 g/mol. The van der Waals surface area contributed by atoms with Gasteiger partial charge in [-0.1, -0.05) is 53.1 Å². The smallest absolute Gasteiger partial charge is 0.377 e. The maximum Gasteiger partial charge on any atom is 0.500 e. The molecule has 4 nitrogen and oxygen atoms in total. The number of hydrogen-bond acceptors (Lipinski definition) is 4. The Bertz CT molecular complexity index is 354. The van der Waals surface area contributed by atoms with Crippen molar-refractivity contribution in [1.29, 1.82) is 0 Å². The molecule has 6 heteroatoms. The Labute approximate surface area is 152 Å². The molecule has 0 amide bonds. The van der Waals surface area contributed by atoms with Crippen molar-refractivity contribution in [3.63, 3.8) is 0 Å². The van der Waals surface area contributed by atoms with Gasteiger partial charge in [-0.2, -0.15) is 0 Å². The lowest BCUT2D eigenvalue weighted by Gasteiger charge is -2.51. The molecular weight excluding hydrogens is 334 g/mol. The van der Waals surface area contributed by atoms with Crippen LogP contribution in [0.4, 0.5) is 0 Å². The first-order chi connectivity index (χ1) is 11.1. The van der Waals surface area contributed by atoms with Crippen LogP contribution < -0.4 is 0 Å². The lowest BCUT2D eigenvalue weighted by atomic mass is 9.95. The first-order valence-corrected chi connectivity index (χ1v) is 14.4. The molecule has 0 saturated heterocycles. The third-order valence-electron chi connectivity index (χ3n) is 6.38. The van der Waals surface area contributed by atoms with Gasteiger partial charge < -0.3 is 17.8 Å². The molecule has 24 heavy (non-hydrogen) atoms. The summed E-state index contributed by atoms with van der Waals surface area (Å²) in [5, 5.41) is 0.378. The Morgan fingerprint density at radius 1 is 0.917 bits per heavy atom. The maximum absolute atomic E-state index is 5.60. The van der Waals surface area contributed by atoms with Crippen LogP contribution in [-0.4, -0.2) is 55.5 Å². The minimum absolute atomic E-state index is 0.378. The Morgan fingerprint density at radius 3 is 1.83 bits per heavy atom. The highest BCUT2D eigenvalue weighted by Gasteiger charge is 2.44. The fraction of sp³-hybridized carbons (Fsp3) is 1.00. The predicted octanol–water partition coefficient (Wildman–Crippen LogP) is 4.89. The fourth-order valence-electron chi connectivity index (χ4n) is 3.76. The van der Waals surface area contributed by atoms with E-state index in [0.29, 0.717) is 5.04 Å². The van der Waals surface area contributed by atoms with Gasteiger partial charge in [0.1, 0.15) is 8.24 Å². The Morgan fingerprint density at radius 2 is 1.42 bits per heavy atom. The van der Waals surface area contributed by atoms with Crippen LogP contribution in [0.15, 0.2) is 0 Å². The van der Waals surface area contributed by atoms with E-state index in [1.165, 1.54) is 32.1 Å². The van der Waals surface area contributed by atoms with E-state index in [1.807, 2.05) is 0 Å². The summed E-state index contributed by atoms with van der Waals surface area (Å²) in [6.45, 7) is 13.5. The van der Waals surface area contributed by atoms with E-state index in [-0.39, 0.29) is 0 Å². The van der Waals surface area contributed by atoms with E-state index < -0.39 is 17.0 Å². The normalized spacial score (nSPS) is 18.4. The van der Waals surface area contributed by atoms with Crippen LogP contribution in [0.5, 0.6) is 0 Å². The molecule has 1 rings (SSSR count). The summed E-state index contributed by atoms with van der Waals surface area (Å²) in [6.07, 6.45) is 8.02. The standard InChI is InChI=1S/C18H41NO3Si2/c1-18(2,3)23(7,8)19(17-13-10-9-11-14-17)15-12-16-24(20-4,21-5)22-6/h17H,9-16H2,1-8H3. The average molecular weight is 376 g/mol. The molecule has 1 saturated carbocycles. The minimum Gasteiger partial charge on any atom is -0.377 e. The molecule has 1 fully saturated rings. The summed E-state index contributed by atoms with van der Waals surface area (Å²) in [5.41, 5.74) is 0. The van der Waals surface area contributed by atoms with Crippen LogP contribution in [0.2, 0.25) is 24.2 Å². The summed E-state index contributed by atoms with van der Waals surface area (Å²) >= 11 is 0. The summed E-state index contributed by atoms with van der Waals surface area (Å²) in [4.78, 5) is 0. The molecule has 0 spiro atoms. The van der Waals surface area contributed by atoms with Crippen LogP contribution in [0.25, 0.3) is 0 Å². The Balaban J connectivity index is 2.83. The van der Waals surface area contributed by atoms with E-state index >= 15 is 0 Å². The van der Waals surface area contributed by atoms with Crippen LogP contribution in [-0.2, 0) is 13.3 Å². The van der Waals surface area contributed by atoms with Gasteiger partial charge in [-0.05, 0) is 30.8 Å². The lowest BCUT2D eigenvalue weighted by Crippen LogP contribution is -2.59. The van der Waals surface area contributed by atoms with Gasteiger partial charge in [0.25, 0.3) is 0 Å². The third-order valence-corrected chi connectivity index (χ3v) is 14.9. The second kappa shape index (κ2) is 9.28. The molecule has 0 N–H and O–H groups in total. The highest BCUT2D eigenvalue weighted by molar-refractivity contribution is 6.77. The van der Waals surface area contributed by atoms with Crippen LogP contribution in [0.1, 0.15) is 59.3 Å². The highest BCUT2D eigenvalue weighted by Crippen LogP contribution is 2.41. The number of rotatable bonds is 9. The number of nitrogens with zero attached hydrogens (tertiary/aromatic N) is 1. The van der Waals surface area contributed by atoms with Crippen molar-refractivity contribution < 1.29 is 13.3 Å². The van der Waals surface area contributed by atoms with Gasteiger partial charge >= 0.3 is 8.80 Å². The van der Waals surface area contributed by atoms with Gasteiger partial charge in [-0.3, -0.25) is 0 Å². The molecule has 0 aliphatic heterocycles. The molecule has 1 aliphatic carbocycles. The topological polar surface area (TPSA) is 30.9 Å². The van der Waals surface area contributed by atoms with E-state index in [2.05, 4.69) is 38.4 Å². The minimum atomic E-state index is -2.45. The predicted molar refractivity (Wildman–Crippen MR) is 107 cm³/mol. The van der Waals surface area contributed by atoms with Crippen molar-refractivity contribution in [3.8, 4) is 0 Å². The van der Waals surface area contributed by atoms with Crippen molar-refractivity contribution >= 4 is 17.0 Å². The molecule has 0 aromatic heterocycles. The fourth-order valence-corrected chi connectivity index (χ4v) is 8.22. The van der Waals surface area contributed by atoms with Crippen LogP contribution in [0.3, 0.4) is 0 Å². The second-order valence-corrected chi connectivity index (χ2v) is 17.0. The van der Waals surface area contributed by atoms with Crippen molar-refractivity contribution in [2.45, 2.75) is 89.5 Å². The maximum atomic E-state index is 5.60. The summed E-state index contributed by atoms with van der Waals surface area (Å²) < 4.78 is 19.7. The van der Waals surface area contributed by atoms with Crippen molar-refractivity contribution in [3.05, 3.63) is 0 Å². The van der Waals surface area contributed by atoms with E-state index in [4.69, 9.17) is 13.3 Å². The summed E-state index contributed by atoms with van der Waals surface area (Å²) in [7, 11) is 1.17. The molecule has 0 radical (unpaired) electrons. The first kappa shape index (κ1) is 22.3. The summed E-state index contributed by atoms with van der Waals surface area (Å²) in [6, 6.07) is 1.66. The van der Waals surface area contributed by atoms with E-state index in [1.54, 1.807) is 21.3 Å². The van der Waals surface area contributed by atoms with Gasteiger partial charge in [0.05, 0.1) is 0 Å². The Hall–Kier alpha value is 0.274. The van der Waals surface area contributed by atoms with Crippen LogP contribution >= 0.6 is 0 Å². The van der Waals surface area contributed by atoms with Gasteiger partial charge in [-0.25, -0.2) is 0 Å². The molecule has 0 aromatic carbocycles. The van der Waals surface area contributed by atoms with E-state index in [0.717, 1.165) is 25.1 Å². The van der Waals surface area contributed by atoms with Gasteiger partial charge in [-0.15, -0.1) is 0 Å². The summed E-state index contributed by atoms with van der Waals surface area (Å²) in [5.74, 6) is 0. The van der Waals surface area contributed by atoms with Crippen molar-refractivity contribution in [1.82, 2.24) is 4.57 Å². The molecule has 0 atom stereocenters. The third kappa shape index (κ3) is 5.38. The lowest BCUT2D eigenvalue weighted by molar-refractivity contribution is 0.121. The molecule has 1 aliphatic rings. The SMILES string of the molecule is CO[Si](CCCN(C1CCCCC1)[Si](C)(C)C(C)(C)C)(OC)OC. The van der Waals surface area contributed by atoms with Crippen molar-refractivity contribution in [2.24, 2.45) is 0 Å². The van der Waals surface area contributed by atoms with Crippen LogP contribution in [0, 0.1) is 0 Å². The second-order valence-electron chi connectivity index (χ2n) is 8.69. The Kier molecular flexibility index (Phi) is 8.63. The van der Waals surface area contributed by atoms with Crippen molar-refractivity contribution in [2.75, 3.05) is 27.9 Å². The first-order valence-electron chi connectivity index (χ1n) is 9.56. The van der Waals surface area contributed by atoms with Gasteiger partial charge in [0.2, 0.25) is 0 Å². The average Bonchev–Trinajstić information content (AvgIpc) is 2.55. The largest absolute Gasteiger partial charge is 0.500 e. The quantitative estimate of drug-likeness (QED) is 0.537. The zero-order valence-corrected chi connectivity index (χ0v) is 19.4. The molecule has 0 bridgehead atoms. The highest BCUT2D eigenvalue weighted by atomic mass is 28.4. The molecule has 144 valence electrons. The van der Waals surface area contributed by atoms with Gasteiger partial charge in [0.15, 0.2) is 0 Å². The zero-order chi connectivity index (χ0) is 18.4. The molecular formula is C18H41NO3Si2. The molecule has 0 unspecified atom stereocenters. The molecule has 0 aromatic rings. The molecule has 0 heterocycles.